The lowest BCUT2D eigenvalue weighted by Crippen LogP contribution is -2.14. The molecule has 2 aromatic heterocycles. The lowest BCUT2D eigenvalue weighted by molar-refractivity contribution is 0.0996. The van der Waals surface area contributed by atoms with Crippen molar-refractivity contribution in [2.24, 2.45) is 5.73 Å². The van der Waals surface area contributed by atoms with Crippen molar-refractivity contribution in [3.8, 4) is 5.69 Å². The third kappa shape index (κ3) is 3.49. The van der Waals surface area contributed by atoms with E-state index in [1.807, 2.05) is 0 Å². The van der Waals surface area contributed by atoms with E-state index in [4.69, 9.17) is 28.9 Å². The Morgan fingerprint density at radius 1 is 1.23 bits per heavy atom. The van der Waals surface area contributed by atoms with Crippen LogP contribution in [0, 0.1) is 0 Å². The van der Waals surface area contributed by atoms with Crippen molar-refractivity contribution >= 4 is 50.6 Å². The van der Waals surface area contributed by atoms with Crippen LogP contribution in [0.15, 0.2) is 30.6 Å². The lowest BCUT2D eigenvalue weighted by atomic mass is 10.3. The Labute approximate surface area is 157 Å². The van der Waals surface area contributed by atoms with Crippen LogP contribution >= 0.6 is 23.2 Å². The van der Waals surface area contributed by atoms with E-state index in [1.54, 1.807) is 18.2 Å². The summed E-state index contributed by atoms with van der Waals surface area (Å²) in [4.78, 5) is 12.7. The van der Waals surface area contributed by atoms with Gasteiger partial charge in [0.15, 0.2) is 11.5 Å². The van der Waals surface area contributed by atoms with Crippen LogP contribution in [0.4, 0.5) is 11.5 Å². The molecule has 0 fully saturated rings. The van der Waals surface area contributed by atoms with E-state index in [1.165, 1.54) is 12.4 Å². The summed E-state index contributed by atoms with van der Waals surface area (Å²) in [5.74, 6) is -0.862. The minimum absolute atomic E-state index is 0.0125. The maximum Gasteiger partial charge on any atom is 0.273 e. The van der Waals surface area contributed by atoms with E-state index in [0.29, 0.717) is 0 Å². The highest BCUT2D eigenvalue weighted by Crippen LogP contribution is 2.28. The normalized spacial score (nSPS) is 11.5. The Balaban J connectivity index is 2.04. The Hall–Kier alpha value is -2.63. The Morgan fingerprint density at radius 2 is 1.88 bits per heavy atom. The number of primary amides is 1. The van der Waals surface area contributed by atoms with Gasteiger partial charge in [0.25, 0.3) is 15.9 Å². The van der Waals surface area contributed by atoms with Crippen LogP contribution in [0.3, 0.4) is 0 Å². The van der Waals surface area contributed by atoms with Crippen LogP contribution in [0.5, 0.6) is 0 Å². The third-order valence-electron chi connectivity index (χ3n) is 3.15. The number of amides is 1. The highest BCUT2D eigenvalue weighted by atomic mass is 35.5. The Morgan fingerprint density at radius 3 is 2.42 bits per heavy atom. The maximum atomic E-state index is 11.7. The van der Waals surface area contributed by atoms with Crippen LogP contribution in [-0.4, -0.2) is 44.8 Å². The number of hydrogen-bond acceptors (Lipinski definition) is 7. The molecule has 0 aliphatic rings. The number of aromatic nitrogens is 5. The maximum absolute atomic E-state index is 11.7. The molecule has 0 radical (unpaired) electrons. The summed E-state index contributed by atoms with van der Waals surface area (Å²) in [6.45, 7) is 0. The molecule has 1 aromatic carbocycles. The number of nitrogens with zero attached hydrogens (tertiary/aromatic N) is 5. The van der Waals surface area contributed by atoms with E-state index in [9.17, 15) is 13.2 Å². The molecule has 0 spiro atoms. The fourth-order valence-electron chi connectivity index (χ4n) is 2.02. The van der Waals surface area contributed by atoms with Gasteiger partial charge in [0.2, 0.25) is 0 Å². The van der Waals surface area contributed by atoms with Crippen LogP contribution < -0.4 is 11.1 Å². The van der Waals surface area contributed by atoms with Gasteiger partial charge < -0.3 is 11.1 Å². The molecule has 0 unspecified atom stereocenters. The van der Waals surface area contributed by atoms with Gasteiger partial charge in [-0.1, -0.05) is 29.3 Å². The van der Waals surface area contributed by atoms with Gasteiger partial charge >= 0.3 is 0 Å². The minimum Gasteiger partial charge on any atom is -0.364 e. The van der Waals surface area contributed by atoms with Crippen molar-refractivity contribution < 1.29 is 13.2 Å². The number of hydrogen-bond donors (Lipinski definition) is 2. The zero-order valence-electron chi connectivity index (χ0n) is 13.1. The third-order valence-corrected chi connectivity index (χ3v) is 4.64. The molecule has 0 atom stereocenters. The lowest BCUT2D eigenvalue weighted by Gasteiger charge is -2.04. The molecule has 3 aromatic rings. The van der Waals surface area contributed by atoms with Gasteiger partial charge in [0, 0.05) is 0 Å². The Kier molecular flexibility index (Phi) is 4.61. The average molecular weight is 416 g/mol. The molecule has 0 aliphatic carbocycles. The first-order valence-electron chi connectivity index (χ1n) is 6.90. The fraction of sp³-hybridized carbons (Fsp3) is 0.0769. The van der Waals surface area contributed by atoms with Gasteiger partial charge in [0.1, 0.15) is 5.69 Å². The predicted molar refractivity (Wildman–Crippen MR) is 95.6 cm³/mol. The van der Waals surface area contributed by atoms with E-state index in [2.05, 4.69) is 20.6 Å². The first kappa shape index (κ1) is 18.2. The number of rotatable bonds is 5. The smallest absolute Gasteiger partial charge is 0.273 e. The molecule has 1 amide bonds. The zero-order valence-corrected chi connectivity index (χ0v) is 15.4. The molecule has 3 rings (SSSR count). The van der Waals surface area contributed by atoms with Crippen molar-refractivity contribution in [2.45, 2.75) is 0 Å². The number of nitrogens with two attached hydrogens (primary N) is 1. The Bertz CT molecular complexity index is 1090. The first-order chi connectivity index (χ1) is 12.2. The van der Waals surface area contributed by atoms with Crippen LogP contribution in [0.2, 0.25) is 10.0 Å². The summed E-state index contributed by atoms with van der Waals surface area (Å²) >= 11 is 12.2. The molecule has 10 nitrogen and oxygen atoms in total. The molecule has 0 aliphatic heterocycles. The van der Waals surface area contributed by atoms with Gasteiger partial charge in [-0.15, -0.1) is 15.0 Å². The highest BCUT2D eigenvalue weighted by Gasteiger charge is 2.20. The number of halogens is 2. The van der Waals surface area contributed by atoms with Crippen molar-refractivity contribution in [1.82, 2.24) is 24.2 Å². The van der Waals surface area contributed by atoms with E-state index in [-0.39, 0.29) is 32.9 Å². The molecular formula is C13H11Cl2N7O3S. The van der Waals surface area contributed by atoms with Crippen LogP contribution in [0.1, 0.15) is 10.5 Å². The number of carbonyl (C=O) groups excluding carboxylic acids is 1. The summed E-state index contributed by atoms with van der Waals surface area (Å²) in [5.41, 5.74) is 5.67. The minimum atomic E-state index is -3.55. The largest absolute Gasteiger partial charge is 0.364 e. The molecule has 0 saturated heterocycles. The number of anilines is 2. The standard InChI is InChI=1S/C13H11Cl2N7O3S/c1-26(24,25)21-6-7(5-17-21)18-13-10(12(16)23)19-22(20-13)11-8(14)3-2-4-9(11)15/h2-6H,1H3,(H2,16,23)(H,18,20). The molecule has 136 valence electrons. The average Bonchev–Trinajstić information content (AvgIpc) is 3.14. The fourth-order valence-corrected chi connectivity index (χ4v) is 3.10. The second-order valence-corrected chi connectivity index (χ2v) is 7.77. The summed E-state index contributed by atoms with van der Waals surface area (Å²) in [6, 6.07) is 4.81. The first-order valence-corrected chi connectivity index (χ1v) is 9.51. The number of benzene rings is 1. The topological polar surface area (TPSA) is 138 Å². The van der Waals surface area contributed by atoms with Crippen molar-refractivity contribution in [2.75, 3.05) is 11.6 Å². The van der Waals surface area contributed by atoms with Crippen molar-refractivity contribution in [1.29, 1.82) is 0 Å². The van der Waals surface area contributed by atoms with Gasteiger partial charge in [-0.2, -0.15) is 9.19 Å². The second-order valence-electron chi connectivity index (χ2n) is 5.11. The number of nitrogens with one attached hydrogen (secondary N) is 1. The van der Waals surface area contributed by atoms with Gasteiger partial charge in [0.05, 0.1) is 34.4 Å². The zero-order chi connectivity index (χ0) is 19.1. The monoisotopic (exact) mass is 415 g/mol. The van der Waals surface area contributed by atoms with E-state index >= 15 is 0 Å². The van der Waals surface area contributed by atoms with Crippen LogP contribution in [-0.2, 0) is 10.0 Å². The second kappa shape index (κ2) is 6.59. The molecule has 3 N–H and O–H groups in total. The molecule has 0 saturated carbocycles. The molecular weight excluding hydrogens is 405 g/mol. The summed E-state index contributed by atoms with van der Waals surface area (Å²) < 4.78 is 23.7. The van der Waals surface area contributed by atoms with Gasteiger partial charge in [-0.25, -0.2) is 8.42 Å². The van der Waals surface area contributed by atoms with Gasteiger partial charge in [-0.05, 0) is 12.1 Å². The quantitative estimate of drug-likeness (QED) is 0.642. The van der Waals surface area contributed by atoms with Crippen molar-refractivity contribution in [3.05, 3.63) is 46.3 Å². The van der Waals surface area contributed by atoms with Crippen LogP contribution in [0.25, 0.3) is 5.69 Å². The van der Waals surface area contributed by atoms with Gasteiger partial charge in [-0.3, -0.25) is 4.79 Å². The van der Waals surface area contributed by atoms with E-state index < -0.39 is 15.9 Å². The summed E-state index contributed by atoms with van der Waals surface area (Å²) in [6.07, 6.45) is 3.45. The highest BCUT2D eigenvalue weighted by molar-refractivity contribution is 7.89. The molecule has 0 bridgehead atoms. The SMILES string of the molecule is CS(=O)(=O)n1cc(Nc2nn(-c3c(Cl)cccc3Cl)nc2C(N)=O)cn1. The predicted octanol–water partition coefficient (Wildman–Crippen LogP) is 1.42. The molecule has 26 heavy (non-hydrogen) atoms. The van der Waals surface area contributed by atoms with E-state index in [0.717, 1.165) is 15.1 Å². The molecule has 2 heterocycles. The number of para-hydroxylation sites is 1. The van der Waals surface area contributed by atoms with Crippen molar-refractivity contribution in [3.63, 3.8) is 0 Å². The number of carbonyl (C=O) groups is 1. The molecule has 13 heteroatoms. The summed E-state index contributed by atoms with van der Waals surface area (Å²) in [7, 11) is -3.55. The summed E-state index contributed by atoms with van der Waals surface area (Å²) in [5, 5.41) is 15.1.